The molecule has 9 nitrogen and oxygen atoms in total. The molecule has 2 aromatic rings. The van der Waals surface area contributed by atoms with Crippen molar-refractivity contribution in [2.75, 3.05) is 20.2 Å². The van der Waals surface area contributed by atoms with Crippen molar-refractivity contribution in [3.05, 3.63) is 64.7 Å². The standard InChI is InChI=1S/C27H27N5O4S/c1-17-7-3-4-8-19(17)16-36-21-10-9-18(14-22(21)35-2)13-20-25(28)32-27(29-26(20)34)37-23(30-32)15-24(33)31-11-5-6-12-31/h3-4,7-10,13-14,28H,5-6,11-12,15-16H2,1-2H3. The molecule has 1 saturated heterocycles. The van der Waals surface area contributed by atoms with Crippen molar-refractivity contribution in [3.63, 3.8) is 0 Å². The van der Waals surface area contributed by atoms with Crippen molar-refractivity contribution in [1.82, 2.24) is 9.91 Å². The molecular formula is C27H27N5O4S. The van der Waals surface area contributed by atoms with Gasteiger partial charge in [0, 0.05) is 13.1 Å². The summed E-state index contributed by atoms with van der Waals surface area (Å²) in [6, 6.07) is 13.3. The summed E-state index contributed by atoms with van der Waals surface area (Å²) < 4.78 is 11.5. The van der Waals surface area contributed by atoms with Gasteiger partial charge in [0.1, 0.15) is 11.7 Å². The second kappa shape index (κ2) is 10.6. The van der Waals surface area contributed by atoms with E-state index in [-0.39, 0.29) is 23.7 Å². The number of fused-ring (bicyclic) bond motifs is 1. The summed E-state index contributed by atoms with van der Waals surface area (Å²) in [7, 11) is 1.55. The first kappa shape index (κ1) is 24.8. The monoisotopic (exact) mass is 517 g/mol. The molecule has 5 rings (SSSR count). The van der Waals surface area contributed by atoms with E-state index in [0.29, 0.717) is 33.9 Å². The predicted octanol–water partition coefficient (Wildman–Crippen LogP) is 4.21. The average molecular weight is 518 g/mol. The highest BCUT2D eigenvalue weighted by atomic mass is 32.2. The van der Waals surface area contributed by atoms with Crippen molar-refractivity contribution in [2.45, 2.75) is 32.8 Å². The SMILES string of the molecule is COc1cc(C=C2C(=N)N3N=C(CC(=O)N4CCCC4)SC3=NC2=O)ccc1OCc1ccccc1C. The summed E-state index contributed by atoms with van der Waals surface area (Å²) in [6.45, 7) is 3.97. The molecule has 3 aliphatic rings. The van der Waals surface area contributed by atoms with Gasteiger partial charge in [-0.25, -0.2) is 0 Å². The van der Waals surface area contributed by atoms with E-state index in [2.05, 4.69) is 10.1 Å². The number of nitrogens with one attached hydrogen (secondary N) is 1. The number of hydrogen-bond acceptors (Lipinski definition) is 7. The zero-order valence-electron chi connectivity index (χ0n) is 20.7. The number of methoxy groups -OCH3 is 1. The molecule has 0 spiro atoms. The lowest BCUT2D eigenvalue weighted by atomic mass is 10.1. The van der Waals surface area contributed by atoms with E-state index in [1.165, 1.54) is 5.01 Å². The molecule has 190 valence electrons. The van der Waals surface area contributed by atoms with E-state index in [1.54, 1.807) is 31.4 Å². The van der Waals surface area contributed by atoms with Gasteiger partial charge in [0.25, 0.3) is 5.91 Å². The highest BCUT2D eigenvalue weighted by Gasteiger charge is 2.36. The molecule has 0 bridgehead atoms. The van der Waals surface area contributed by atoms with Gasteiger partial charge in [-0.05, 0) is 66.4 Å². The molecule has 0 saturated carbocycles. The Hall–Kier alpha value is -3.92. The maximum absolute atomic E-state index is 12.8. The van der Waals surface area contributed by atoms with Crippen molar-refractivity contribution in [3.8, 4) is 11.5 Å². The third kappa shape index (κ3) is 5.29. The van der Waals surface area contributed by atoms with Gasteiger partial charge in [0.05, 0.1) is 19.1 Å². The first-order valence-electron chi connectivity index (χ1n) is 12.0. The molecule has 10 heteroatoms. The van der Waals surface area contributed by atoms with Gasteiger partial charge in [-0.2, -0.15) is 15.1 Å². The highest BCUT2D eigenvalue weighted by Crippen LogP contribution is 2.32. The summed E-state index contributed by atoms with van der Waals surface area (Å²) in [5, 5.41) is 15.2. The van der Waals surface area contributed by atoms with Gasteiger partial charge in [0.15, 0.2) is 17.3 Å². The topological polar surface area (TPSA) is 108 Å². The van der Waals surface area contributed by atoms with Crippen LogP contribution in [0.2, 0.25) is 0 Å². The smallest absolute Gasteiger partial charge is 0.283 e. The Labute approximate surface area is 219 Å². The van der Waals surface area contributed by atoms with E-state index in [1.807, 2.05) is 36.1 Å². The maximum atomic E-state index is 12.8. The fraction of sp³-hybridized carbons (Fsp3) is 0.296. The molecule has 1 fully saturated rings. The number of likely N-dealkylation sites (tertiary alicyclic amines) is 1. The minimum absolute atomic E-state index is 0.00893. The lowest BCUT2D eigenvalue weighted by Crippen LogP contribution is -2.35. The second-order valence-corrected chi connectivity index (χ2v) is 9.94. The average Bonchev–Trinajstić information content (AvgIpc) is 3.57. The maximum Gasteiger partial charge on any atom is 0.283 e. The van der Waals surface area contributed by atoms with Crippen LogP contribution < -0.4 is 9.47 Å². The van der Waals surface area contributed by atoms with E-state index in [9.17, 15) is 9.59 Å². The fourth-order valence-corrected chi connectivity index (χ4v) is 5.17. The van der Waals surface area contributed by atoms with Gasteiger partial charge in [-0.3, -0.25) is 15.0 Å². The summed E-state index contributed by atoms with van der Waals surface area (Å²) in [5.41, 5.74) is 2.99. The number of ether oxygens (including phenoxy) is 2. The normalized spacial score (nSPS) is 18.2. The zero-order chi connectivity index (χ0) is 25.9. The number of amides is 2. The van der Waals surface area contributed by atoms with Crippen LogP contribution in [0, 0.1) is 12.3 Å². The number of carbonyl (C=O) groups excluding carboxylic acids is 2. The zero-order valence-corrected chi connectivity index (χ0v) is 21.5. The van der Waals surface area contributed by atoms with Crippen LogP contribution >= 0.6 is 11.8 Å². The van der Waals surface area contributed by atoms with Gasteiger partial charge in [0.2, 0.25) is 11.1 Å². The van der Waals surface area contributed by atoms with E-state index < -0.39 is 5.91 Å². The molecule has 2 aromatic carbocycles. The number of nitrogens with zero attached hydrogens (tertiary/aromatic N) is 4. The number of aliphatic imine (C=N–C) groups is 1. The Bertz CT molecular complexity index is 1360. The summed E-state index contributed by atoms with van der Waals surface area (Å²) in [6.07, 6.45) is 3.76. The van der Waals surface area contributed by atoms with Crippen molar-refractivity contribution in [1.29, 1.82) is 5.41 Å². The van der Waals surface area contributed by atoms with Crippen molar-refractivity contribution in [2.24, 2.45) is 10.1 Å². The molecular weight excluding hydrogens is 490 g/mol. The minimum atomic E-state index is -0.523. The molecule has 0 aliphatic carbocycles. The Morgan fingerprint density at radius 2 is 1.95 bits per heavy atom. The van der Waals surface area contributed by atoms with Crippen LogP contribution in [0.4, 0.5) is 0 Å². The van der Waals surface area contributed by atoms with Crippen LogP contribution in [0.1, 0.15) is 36.0 Å². The molecule has 3 heterocycles. The summed E-state index contributed by atoms with van der Waals surface area (Å²) in [5.74, 6) is 0.495. The quantitative estimate of drug-likeness (QED) is 0.551. The van der Waals surface area contributed by atoms with Crippen LogP contribution in [-0.4, -0.2) is 58.0 Å². The number of rotatable bonds is 7. The molecule has 3 aliphatic heterocycles. The van der Waals surface area contributed by atoms with E-state index in [4.69, 9.17) is 14.9 Å². The third-order valence-corrected chi connectivity index (χ3v) is 7.31. The number of amidine groups is 2. The Balaban J connectivity index is 1.31. The first-order valence-corrected chi connectivity index (χ1v) is 12.9. The van der Waals surface area contributed by atoms with E-state index >= 15 is 0 Å². The molecule has 0 radical (unpaired) electrons. The predicted molar refractivity (Wildman–Crippen MR) is 144 cm³/mol. The van der Waals surface area contributed by atoms with E-state index in [0.717, 1.165) is 48.8 Å². The van der Waals surface area contributed by atoms with Gasteiger partial charge in [-0.15, -0.1) is 0 Å². The molecule has 1 N–H and O–H groups in total. The van der Waals surface area contributed by atoms with Crippen LogP contribution in [0.5, 0.6) is 11.5 Å². The summed E-state index contributed by atoms with van der Waals surface area (Å²) >= 11 is 1.16. The third-order valence-electron chi connectivity index (χ3n) is 6.40. The number of hydrazone groups is 1. The molecule has 0 aromatic heterocycles. The van der Waals surface area contributed by atoms with Crippen LogP contribution in [0.25, 0.3) is 6.08 Å². The first-order chi connectivity index (χ1) is 17.9. The number of thioether (sulfide) groups is 1. The molecule has 2 amide bonds. The molecule has 0 unspecified atom stereocenters. The van der Waals surface area contributed by atoms with Gasteiger partial charge in [-0.1, -0.05) is 30.3 Å². The van der Waals surface area contributed by atoms with Crippen LogP contribution in [0.15, 0.2) is 58.1 Å². The van der Waals surface area contributed by atoms with Gasteiger partial charge >= 0.3 is 0 Å². The fourth-order valence-electron chi connectivity index (χ4n) is 4.30. The van der Waals surface area contributed by atoms with Crippen molar-refractivity contribution >= 4 is 45.7 Å². The Kier molecular flexibility index (Phi) is 7.09. The number of benzene rings is 2. The second-order valence-electron chi connectivity index (χ2n) is 8.90. The Morgan fingerprint density at radius 1 is 1.16 bits per heavy atom. The largest absolute Gasteiger partial charge is 0.493 e. The minimum Gasteiger partial charge on any atom is -0.493 e. The Morgan fingerprint density at radius 3 is 2.70 bits per heavy atom. The number of carbonyl (C=O) groups is 2. The molecule has 0 atom stereocenters. The molecule has 37 heavy (non-hydrogen) atoms. The number of hydrogen-bond donors (Lipinski definition) is 1. The number of aryl methyl sites for hydroxylation is 1. The lowest BCUT2D eigenvalue weighted by Gasteiger charge is -2.20. The van der Waals surface area contributed by atoms with Crippen LogP contribution in [0.3, 0.4) is 0 Å². The van der Waals surface area contributed by atoms with Crippen LogP contribution in [-0.2, 0) is 16.2 Å². The van der Waals surface area contributed by atoms with Crippen molar-refractivity contribution < 1.29 is 19.1 Å². The highest BCUT2D eigenvalue weighted by molar-refractivity contribution is 8.27. The van der Waals surface area contributed by atoms with Gasteiger partial charge < -0.3 is 14.4 Å². The summed E-state index contributed by atoms with van der Waals surface area (Å²) in [4.78, 5) is 31.2. The lowest BCUT2D eigenvalue weighted by molar-refractivity contribution is -0.128.